The Bertz CT molecular complexity index is 1290. The summed E-state index contributed by atoms with van der Waals surface area (Å²) < 4.78 is 28.2. The highest BCUT2D eigenvalue weighted by molar-refractivity contribution is 7.92. The highest BCUT2D eigenvalue weighted by Crippen LogP contribution is 2.23. The van der Waals surface area contributed by atoms with Gasteiger partial charge in [0.05, 0.1) is 16.8 Å². The number of anilines is 4. The number of rotatable bonds is 6. The van der Waals surface area contributed by atoms with Crippen molar-refractivity contribution in [3.63, 3.8) is 0 Å². The minimum atomic E-state index is -3.69. The standard InChI is InChI=1S/C22H21N5O2S/c1-27(2)20-14-22(25-23-15-20)24-18-8-10-19(11-9-18)26-30(28,29)21-12-7-16-5-3-4-6-17(16)13-21/h3-15,26H,1-2H3,(H,24,25). The SMILES string of the molecule is CN(C)c1cnnc(Nc2ccc(NS(=O)(=O)c3ccc4ccccc4c3)cc2)c1. The number of fused-ring (bicyclic) bond motifs is 1. The van der Waals surface area contributed by atoms with Gasteiger partial charge < -0.3 is 10.2 Å². The van der Waals surface area contributed by atoms with Gasteiger partial charge in [-0.15, -0.1) is 5.10 Å². The first-order chi connectivity index (χ1) is 14.4. The van der Waals surface area contributed by atoms with Crippen molar-refractivity contribution in [3.8, 4) is 0 Å². The molecule has 0 amide bonds. The van der Waals surface area contributed by atoms with Crippen LogP contribution in [0.4, 0.5) is 22.9 Å². The Morgan fingerprint density at radius 3 is 2.27 bits per heavy atom. The number of hydrogen-bond donors (Lipinski definition) is 2. The summed E-state index contributed by atoms with van der Waals surface area (Å²) in [6.07, 6.45) is 1.68. The maximum absolute atomic E-state index is 12.8. The lowest BCUT2D eigenvalue weighted by Crippen LogP contribution is -2.12. The van der Waals surface area contributed by atoms with Gasteiger partial charge in [-0.2, -0.15) is 5.10 Å². The Kier molecular flexibility index (Phi) is 5.24. The van der Waals surface area contributed by atoms with Gasteiger partial charge in [0, 0.05) is 31.5 Å². The minimum absolute atomic E-state index is 0.221. The van der Waals surface area contributed by atoms with Crippen molar-refractivity contribution in [1.82, 2.24) is 10.2 Å². The first kappa shape index (κ1) is 19.7. The van der Waals surface area contributed by atoms with Crippen molar-refractivity contribution >= 4 is 43.7 Å². The van der Waals surface area contributed by atoms with E-state index in [0.717, 1.165) is 22.1 Å². The highest BCUT2D eigenvalue weighted by Gasteiger charge is 2.14. The third kappa shape index (κ3) is 4.33. The summed E-state index contributed by atoms with van der Waals surface area (Å²) in [6.45, 7) is 0. The summed E-state index contributed by atoms with van der Waals surface area (Å²) in [4.78, 5) is 2.16. The van der Waals surface area contributed by atoms with E-state index in [4.69, 9.17) is 0 Å². The molecule has 0 radical (unpaired) electrons. The van der Waals surface area contributed by atoms with Crippen molar-refractivity contribution < 1.29 is 8.42 Å². The number of nitrogens with one attached hydrogen (secondary N) is 2. The number of benzene rings is 3. The molecule has 2 N–H and O–H groups in total. The summed E-state index contributed by atoms with van der Waals surface area (Å²) in [6, 6.07) is 21.6. The Hall–Kier alpha value is -3.65. The largest absolute Gasteiger partial charge is 0.376 e. The van der Waals surface area contributed by atoms with Gasteiger partial charge in [-0.1, -0.05) is 30.3 Å². The van der Waals surface area contributed by atoms with E-state index in [1.165, 1.54) is 0 Å². The van der Waals surface area contributed by atoms with E-state index in [0.29, 0.717) is 11.5 Å². The van der Waals surface area contributed by atoms with Crippen LogP contribution < -0.4 is 14.9 Å². The Labute approximate surface area is 175 Å². The lowest BCUT2D eigenvalue weighted by molar-refractivity contribution is 0.601. The zero-order valence-electron chi connectivity index (χ0n) is 16.6. The average molecular weight is 420 g/mol. The normalized spacial score (nSPS) is 11.3. The van der Waals surface area contributed by atoms with Gasteiger partial charge in [0.15, 0.2) is 5.82 Å². The number of hydrogen-bond acceptors (Lipinski definition) is 6. The molecule has 0 aliphatic rings. The maximum atomic E-state index is 12.8. The predicted octanol–water partition coefficient (Wildman–Crippen LogP) is 4.24. The van der Waals surface area contributed by atoms with Crippen LogP contribution in [-0.4, -0.2) is 32.7 Å². The van der Waals surface area contributed by atoms with Crippen molar-refractivity contribution in [1.29, 1.82) is 0 Å². The lowest BCUT2D eigenvalue weighted by Gasteiger charge is -2.13. The van der Waals surface area contributed by atoms with Gasteiger partial charge in [-0.05, 0) is 47.2 Å². The van der Waals surface area contributed by atoms with Crippen LogP contribution in [0, 0.1) is 0 Å². The van der Waals surface area contributed by atoms with Gasteiger partial charge in [0.25, 0.3) is 10.0 Å². The monoisotopic (exact) mass is 419 g/mol. The molecule has 0 bridgehead atoms. The molecule has 0 saturated carbocycles. The molecule has 0 fully saturated rings. The van der Waals surface area contributed by atoms with E-state index in [1.54, 1.807) is 48.7 Å². The van der Waals surface area contributed by atoms with E-state index < -0.39 is 10.0 Å². The van der Waals surface area contributed by atoms with Crippen molar-refractivity contribution in [2.75, 3.05) is 29.0 Å². The van der Waals surface area contributed by atoms with Gasteiger partial charge in [-0.3, -0.25) is 4.72 Å². The van der Waals surface area contributed by atoms with E-state index in [9.17, 15) is 8.42 Å². The zero-order chi connectivity index (χ0) is 21.1. The molecule has 0 atom stereocenters. The van der Waals surface area contributed by atoms with E-state index in [1.807, 2.05) is 49.3 Å². The number of sulfonamides is 1. The van der Waals surface area contributed by atoms with E-state index in [2.05, 4.69) is 20.2 Å². The summed E-state index contributed by atoms with van der Waals surface area (Å²) in [5.41, 5.74) is 2.17. The fourth-order valence-electron chi connectivity index (χ4n) is 2.98. The predicted molar refractivity (Wildman–Crippen MR) is 121 cm³/mol. The molecular weight excluding hydrogens is 398 g/mol. The molecule has 152 valence electrons. The van der Waals surface area contributed by atoms with Crippen LogP contribution in [0.15, 0.2) is 83.9 Å². The minimum Gasteiger partial charge on any atom is -0.376 e. The molecule has 0 saturated heterocycles. The summed E-state index contributed by atoms with van der Waals surface area (Å²) in [5, 5.41) is 13.1. The van der Waals surface area contributed by atoms with E-state index >= 15 is 0 Å². The molecule has 1 heterocycles. The summed E-state index contributed by atoms with van der Waals surface area (Å²) in [7, 11) is 0.166. The maximum Gasteiger partial charge on any atom is 0.261 e. The summed E-state index contributed by atoms with van der Waals surface area (Å²) >= 11 is 0. The quantitative estimate of drug-likeness (QED) is 0.486. The average Bonchev–Trinajstić information content (AvgIpc) is 2.75. The molecule has 0 unspecified atom stereocenters. The molecule has 4 rings (SSSR count). The van der Waals surface area contributed by atoms with Crippen molar-refractivity contribution in [2.45, 2.75) is 4.90 Å². The molecular formula is C22H21N5O2S. The van der Waals surface area contributed by atoms with Crippen LogP contribution in [0.5, 0.6) is 0 Å². The van der Waals surface area contributed by atoms with Gasteiger partial charge in [0.2, 0.25) is 0 Å². The van der Waals surface area contributed by atoms with Crippen molar-refractivity contribution in [2.24, 2.45) is 0 Å². The van der Waals surface area contributed by atoms with Crippen LogP contribution in [0.1, 0.15) is 0 Å². The second-order valence-corrected chi connectivity index (χ2v) is 8.69. The topological polar surface area (TPSA) is 87.2 Å². The molecule has 1 aromatic heterocycles. The molecule has 0 spiro atoms. The molecule has 7 nitrogen and oxygen atoms in total. The van der Waals surface area contributed by atoms with Crippen LogP contribution in [-0.2, 0) is 10.0 Å². The van der Waals surface area contributed by atoms with Crippen LogP contribution >= 0.6 is 0 Å². The smallest absolute Gasteiger partial charge is 0.261 e. The van der Waals surface area contributed by atoms with Crippen LogP contribution in [0.2, 0.25) is 0 Å². The van der Waals surface area contributed by atoms with E-state index in [-0.39, 0.29) is 4.90 Å². The Morgan fingerprint density at radius 1 is 0.833 bits per heavy atom. The van der Waals surface area contributed by atoms with Gasteiger partial charge >= 0.3 is 0 Å². The summed E-state index contributed by atoms with van der Waals surface area (Å²) in [5.74, 6) is 0.602. The second-order valence-electron chi connectivity index (χ2n) is 7.01. The Morgan fingerprint density at radius 2 is 1.53 bits per heavy atom. The fraction of sp³-hybridized carbons (Fsp3) is 0.0909. The number of aromatic nitrogens is 2. The first-order valence-corrected chi connectivity index (χ1v) is 10.8. The van der Waals surface area contributed by atoms with Crippen molar-refractivity contribution in [3.05, 3.63) is 79.0 Å². The molecule has 4 aromatic rings. The second kappa shape index (κ2) is 8.00. The molecule has 3 aromatic carbocycles. The molecule has 0 aliphatic heterocycles. The van der Waals surface area contributed by atoms with Gasteiger partial charge in [-0.25, -0.2) is 8.42 Å². The molecule has 30 heavy (non-hydrogen) atoms. The van der Waals surface area contributed by atoms with Crippen LogP contribution in [0.3, 0.4) is 0 Å². The molecule has 0 aliphatic carbocycles. The third-order valence-corrected chi connectivity index (χ3v) is 5.98. The first-order valence-electron chi connectivity index (χ1n) is 9.29. The lowest BCUT2D eigenvalue weighted by atomic mass is 10.1. The van der Waals surface area contributed by atoms with Gasteiger partial charge in [0.1, 0.15) is 0 Å². The fourth-order valence-corrected chi connectivity index (χ4v) is 4.07. The number of nitrogens with zero attached hydrogens (tertiary/aromatic N) is 3. The zero-order valence-corrected chi connectivity index (χ0v) is 17.4. The molecule has 8 heteroatoms. The highest BCUT2D eigenvalue weighted by atomic mass is 32.2. The van der Waals surface area contributed by atoms with Crippen LogP contribution in [0.25, 0.3) is 10.8 Å². The third-order valence-electron chi connectivity index (χ3n) is 4.60. The Balaban J connectivity index is 1.50.